The van der Waals surface area contributed by atoms with E-state index >= 15 is 0 Å². The highest BCUT2D eigenvalue weighted by Gasteiger charge is 2.21. The van der Waals surface area contributed by atoms with Crippen molar-refractivity contribution in [3.05, 3.63) is 44.1 Å². The number of halogens is 1. The van der Waals surface area contributed by atoms with Crippen LogP contribution >= 0.6 is 27.3 Å². The third-order valence-corrected chi connectivity index (χ3v) is 4.77. The Morgan fingerprint density at radius 2 is 2.00 bits per heavy atom. The highest BCUT2D eigenvalue weighted by molar-refractivity contribution is 9.10. The lowest BCUT2D eigenvalue weighted by Crippen LogP contribution is -2.05. The monoisotopic (exact) mass is 354 g/mol. The maximum absolute atomic E-state index is 12.7. The lowest BCUT2D eigenvalue weighted by molar-refractivity contribution is 0.103. The van der Waals surface area contributed by atoms with E-state index in [-0.39, 0.29) is 5.78 Å². The second-order valence-electron chi connectivity index (χ2n) is 4.12. The van der Waals surface area contributed by atoms with Gasteiger partial charge in [-0.1, -0.05) is 6.92 Å². The fraction of sp³-hybridized carbons (Fsp3) is 0.267. The third kappa shape index (κ3) is 2.60. The smallest absolute Gasteiger partial charge is 0.206 e. The molecule has 20 heavy (non-hydrogen) atoms. The first kappa shape index (κ1) is 15.1. The van der Waals surface area contributed by atoms with Gasteiger partial charge in [0.05, 0.1) is 24.7 Å². The van der Waals surface area contributed by atoms with Crippen LogP contribution < -0.4 is 9.47 Å². The van der Waals surface area contributed by atoms with Crippen LogP contribution in [0.2, 0.25) is 0 Å². The number of hydrogen-bond acceptors (Lipinski definition) is 4. The van der Waals surface area contributed by atoms with E-state index in [0.717, 1.165) is 16.9 Å². The molecule has 0 atom stereocenters. The van der Waals surface area contributed by atoms with Crippen molar-refractivity contribution in [2.24, 2.45) is 0 Å². The van der Waals surface area contributed by atoms with Gasteiger partial charge in [-0.05, 0) is 51.5 Å². The summed E-state index contributed by atoms with van der Waals surface area (Å²) in [7, 11) is 3.13. The molecule has 1 aromatic heterocycles. The van der Waals surface area contributed by atoms with Crippen LogP contribution in [0.5, 0.6) is 11.5 Å². The Hall–Kier alpha value is -1.33. The van der Waals surface area contributed by atoms with E-state index in [1.165, 1.54) is 11.3 Å². The maximum atomic E-state index is 12.7. The van der Waals surface area contributed by atoms with Gasteiger partial charge in [0, 0.05) is 0 Å². The summed E-state index contributed by atoms with van der Waals surface area (Å²) < 4.78 is 11.2. The molecular formula is C15H15BrO3S. The molecule has 0 aliphatic rings. The van der Waals surface area contributed by atoms with Gasteiger partial charge in [0.1, 0.15) is 16.0 Å². The second kappa shape index (κ2) is 6.41. The maximum Gasteiger partial charge on any atom is 0.206 e. The highest BCUT2D eigenvalue weighted by atomic mass is 79.9. The largest absolute Gasteiger partial charge is 0.495 e. The van der Waals surface area contributed by atoms with Crippen LogP contribution in [0.4, 0.5) is 0 Å². The van der Waals surface area contributed by atoms with Gasteiger partial charge in [0.2, 0.25) is 5.78 Å². The minimum atomic E-state index is -0.0166. The Morgan fingerprint density at radius 1 is 1.25 bits per heavy atom. The molecule has 0 bridgehead atoms. The summed E-state index contributed by atoms with van der Waals surface area (Å²) in [6, 6.07) is 5.49. The molecule has 1 heterocycles. The van der Waals surface area contributed by atoms with E-state index in [0.29, 0.717) is 21.5 Å². The molecule has 0 amide bonds. The molecule has 2 aromatic rings. The summed E-state index contributed by atoms with van der Waals surface area (Å²) in [4.78, 5) is 13.5. The Bertz CT molecular complexity index is 634. The Labute approximate surface area is 130 Å². The van der Waals surface area contributed by atoms with Gasteiger partial charge in [0.15, 0.2) is 0 Å². The summed E-state index contributed by atoms with van der Waals surface area (Å²) >= 11 is 4.88. The predicted molar refractivity (Wildman–Crippen MR) is 84.4 cm³/mol. The average molecular weight is 355 g/mol. The molecule has 0 unspecified atom stereocenters. The summed E-state index contributed by atoms with van der Waals surface area (Å²) in [5.74, 6) is 1.13. The number of rotatable bonds is 5. The lowest BCUT2D eigenvalue weighted by atomic mass is 10.0. The van der Waals surface area contributed by atoms with Crippen molar-refractivity contribution >= 4 is 33.0 Å². The Balaban J connectivity index is 2.53. The van der Waals surface area contributed by atoms with Crippen LogP contribution in [-0.4, -0.2) is 20.0 Å². The molecule has 0 N–H and O–H groups in total. The first-order valence-corrected chi connectivity index (χ1v) is 7.82. The van der Waals surface area contributed by atoms with Crippen LogP contribution in [0.3, 0.4) is 0 Å². The topological polar surface area (TPSA) is 35.5 Å². The van der Waals surface area contributed by atoms with E-state index in [4.69, 9.17) is 9.47 Å². The molecule has 106 valence electrons. The molecular weight excluding hydrogens is 340 g/mol. The standard InChI is InChI=1S/C15H15BrO3S/c1-4-9-7-8-20-15(9)13(17)10-5-6-11(18-2)12(16)14(10)19-3/h5-8H,4H2,1-3H3. The fourth-order valence-electron chi connectivity index (χ4n) is 2.01. The van der Waals surface area contributed by atoms with Crippen molar-refractivity contribution in [3.63, 3.8) is 0 Å². The number of methoxy groups -OCH3 is 2. The normalized spacial score (nSPS) is 10.4. The number of thiophene rings is 1. The molecule has 3 nitrogen and oxygen atoms in total. The van der Waals surface area contributed by atoms with Crippen molar-refractivity contribution < 1.29 is 14.3 Å². The zero-order valence-corrected chi connectivity index (χ0v) is 13.9. The van der Waals surface area contributed by atoms with Crippen LogP contribution in [-0.2, 0) is 6.42 Å². The van der Waals surface area contributed by atoms with Crippen LogP contribution in [0.15, 0.2) is 28.1 Å². The zero-order valence-electron chi connectivity index (χ0n) is 11.5. The highest BCUT2D eigenvalue weighted by Crippen LogP contribution is 2.38. The molecule has 0 saturated carbocycles. The SMILES string of the molecule is CCc1ccsc1C(=O)c1ccc(OC)c(Br)c1OC. The van der Waals surface area contributed by atoms with Gasteiger partial charge < -0.3 is 9.47 Å². The first-order chi connectivity index (χ1) is 9.63. The summed E-state index contributed by atoms with van der Waals surface area (Å²) in [6.45, 7) is 2.04. The summed E-state index contributed by atoms with van der Waals surface area (Å²) in [5.41, 5.74) is 1.60. The number of ether oxygens (including phenoxy) is 2. The average Bonchev–Trinajstić information content (AvgIpc) is 2.94. The number of hydrogen-bond donors (Lipinski definition) is 0. The number of carbonyl (C=O) groups excluding carboxylic acids is 1. The zero-order chi connectivity index (χ0) is 14.7. The van der Waals surface area contributed by atoms with Gasteiger partial charge in [0.25, 0.3) is 0 Å². The minimum absolute atomic E-state index is 0.0166. The number of benzene rings is 1. The van der Waals surface area contributed by atoms with Gasteiger partial charge >= 0.3 is 0 Å². The van der Waals surface area contributed by atoms with E-state index < -0.39 is 0 Å². The Morgan fingerprint density at radius 3 is 2.60 bits per heavy atom. The summed E-state index contributed by atoms with van der Waals surface area (Å²) in [6.07, 6.45) is 0.838. The lowest BCUT2D eigenvalue weighted by Gasteiger charge is -2.12. The predicted octanol–water partition coefficient (Wildman–Crippen LogP) is 4.32. The molecule has 0 aliphatic carbocycles. The Kier molecular flexibility index (Phi) is 4.83. The van der Waals surface area contributed by atoms with E-state index in [2.05, 4.69) is 15.9 Å². The van der Waals surface area contributed by atoms with E-state index in [1.807, 2.05) is 18.4 Å². The van der Waals surface area contributed by atoms with Gasteiger partial charge in [-0.2, -0.15) is 0 Å². The molecule has 0 radical (unpaired) electrons. The first-order valence-electron chi connectivity index (χ1n) is 6.15. The number of ketones is 1. The third-order valence-electron chi connectivity index (χ3n) is 3.06. The van der Waals surface area contributed by atoms with E-state index in [1.54, 1.807) is 26.4 Å². The van der Waals surface area contributed by atoms with Crippen LogP contribution in [0.1, 0.15) is 27.7 Å². The van der Waals surface area contributed by atoms with Crippen LogP contribution in [0, 0.1) is 0 Å². The van der Waals surface area contributed by atoms with E-state index in [9.17, 15) is 4.79 Å². The fourth-order valence-corrected chi connectivity index (χ4v) is 3.63. The molecule has 0 fully saturated rings. The van der Waals surface area contributed by atoms with Crippen molar-refractivity contribution in [1.29, 1.82) is 0 Å². The van der Waals surface area contributed by atoms with Gasteiger partial charge in [-0.15, -0.1) is 11.3 Å². The number of aryl methyl sites for hydroxylation is 1. The molecule has 0 aliphatic heterocycles. The quantitative estimate of drug-likeness (QED) is 0.750. The van der Waals surface area contributed by atoms with Gasteiger partial charge in [-0.3, -0.25) is 4.79 Å². The number of carbonyl (C=O) groups is 1. The van der Waals surface area contributed by atoms with Crippen molar-refractivity contribution in [1.82, 2.24) is 0 Å². The van der Waals surface area contributed by atoms with Crippen molar-refractivity contribution in [2.75, 3.05) is 14.2 Å². The van der Waals surface area contributed by atoms with Crippen LogP contribution in [0.25, 0.3) is 0 Å². The molecule has 1 aromatic carbocycles. The summed E-state index contributed by atoms with van der Waals surface area (Å²) in [5, 5.41) is 1.94. The van der Waals surface area contributed by atoms with Crippen molar-refractivity contribution in [2.45, 2.75) is 13.3 Å². The molecule has 0 spiro atoms. The molecule has 5 heteroatoms. The van der Waals surface area contributed by atoms with Crippen molar-refractivity contribution in [3.8, 4) is 11.5 Å². The minimum Gasteiger partial charge on any atom is -0.495 e. The van der Waals surface area contributed by atoms with Gasteiger partial charge in [-0.25, -0.2) is 0 Å². The molecule has 2 rings (SSSR count). The molecule has 0 saturated heterocycles. The second-order valence-corrected chi connectivity index (χ2v) is 5.83.